The number of halogens is 3. The van der Waals surface area contributed by atoms with Crippen LogP contribution in [0.15, 0.2) is 36.4 Å². The minimum absolute atomic E-state index is 0.0474. The third-order valence-electron chi connectivity index (χ3n) is 3.78. The van der Waals surface area contributed by atoms with E-state index in [1.54, 1.807) is 0 Å². The molecule has 0 saturated carbocycles. The number of alkyl halides is 3. The molecule has 2 aromatic carbocycles. The van der Waals surface area contributed by atoms with Crippen LogP contribution >= 0.6 is 0 Å². The molecule has 0 saturated heterocycles. The van der Waals surface area contributed by atoms with Crippen molar-refractivity contribution in [2.45, 2.75) is 12.7 Å². The summed E-state index contributed by atoms with van der Waals surface area (Å²) in [6, 6.07) is 7.03. The topological polar surface area (TPSA) is 93.5 Å². The number of ether oxygens (including phenoxy) is 1. The Bertz CT molecular complexity index is 869. The van der Waals surface area contributed by atoms with E-state index < -0.39 is 22.6 Å². The molecule has 2 aromatic rings. The number of rotatable bonds is 6. The number of nitro benzene ring substituents is 1. The van der Waals surface area contributed by atoms with Crippen molar-refractivity contribution in [2.75, 3.05) is 19.5 Å². The maximum absolute atomic E-state index is 13.3. The van der Waals surface area contributed by atoms with Gasteiger partial charge in [0.15, 0.2) is 0 Å². The van der Waals surface area contributed by atoms with Gasteiger partial charge in [-0.1, -0.05) is 6.07 Å². The lowest BCUT2D eigenvalue weighted by Crippen LogP contribution is -2.20. The van der Waals surface area contributed by atoms with Gasteiger partial charge < -0.3 is 15.4 Å². The summed E-state index contributed by atoms with van der Waals surface area (Å²) in [7, 11) is 2.61. The van der Waals surface area contributed by atoms with Crippen LogP contribution in [0.25, 0.3) is 0 Å². The molecule has 0 bridgehead atoms. The van der Waals surface area contributed by atoms with Crippen LogP contribution in [0.4, 0.5) is 24.5 Å². The van der Waals surface area contributed by atoms with Gasteiger partial charge in [-0.25, -0.2) is 0 Å². The van der Waals surface area contributed by atoms with Crippen molar-refractivity contribution >= 4 is 17.3 Å². The van der Waals surface area contributed by atoms with E-state index in [4.69, 9.17) is 4.74 Å². The van der Waals surface area contributed by atoms with Gasteiger partial charge in [-0.3, -0.25) is 14.9 Å². The fraction of sp³-hybridized carbons (Fsp3) is 0.235. The molecule has 1 amide bonds. The maximum atomic E-state index is 13.3. The summed E-state index contributed by atoms with van der Waals surface area (Å²) in [5, 5.41) is 16.0. The van der Waals surface area contributed by atoms with Gasteiger partial charge in [0.1, 0.15) is 5.75 Å². The zero-order chi connectivity index (χ0) is 20.2. The minimum atomic E-state index is -4.59. The monoisotopic (exact) mass is 383 g/mol. The van der Waals surface area contributed by atoms with Gasteiger partial charge in [-0.05, 0) is 23.8 Å². The second-order valence-electron chi connectivity index (χ2n) is 5.44. The summed E-state index contributed by atoms with van der Waals surface area (Å²) >= 11 is 0. The summed E-state index contributed by atoms with van der Waals surface area (Å²) < 4.78 is 44.6. The molecule has 0 heterocycles. The standard InChI is InChI=1S/C17H16F3N3O4/c1-21-16(24)13-7-11(23(25)26)4-6-15(13)22-9-10-3-5-12(27-2)8-14(10)17(18,19)20/h3-8,22H,9H2,1-2H3,(H,21,24). The highest BCUT2D eigenvalue weighted by atomic mass is 19.4. The van der Waals surface area contributed by atoms with Crippen LogP contribution < -0.4 is 15.4 Å². The number of carbonyl (C=O) groups excluding carboxylic acids is 1. The Morgan fingerprint density at radius 3 is 2.48 bits per heavy atom. The molecule has 2 N–H and O–H groups in total. The highest BCUT2D eigenvalue weighted by Gasteiger charge is 2.33. The zero-order valence-electron chi connectivity index (χ0n) is 14.4. The van der Waals surface area contributed by atoms with E-state index in [1.165, 1.54) is 32.4 Å². The predicted molar refractivity (Wildman–Crippen MR) is 91.8 cm³/mol. The number of nitrogens with zero attached hydrogens (tertiary/aromatic N) is 1. The van der Waals surface area contributed by atoms with E-state index in [9.17, 15) is 28.1 Å². The molecule has 0 aliphatic carbocycles. The van der Waals surface area contributed by atoms with Gasteiger partial charge in [0.2, 0.25) is 0 Å². The molecule has 0 aromatic heterocycles. The smallest absolute Gasteiger partial charge is 0.416 e. The van der Waals surface area contributed by atoms with Crippen LogP contribution in [0.3, 0.4) is 0 Å². The lowest BCUT2D eigenvalue weighted by Gasteiger charge is -2.16. The van der Waals surface area contributed by atoms with E-state index in [0.717, 1.165) is 18.2 Å². The lowest BCUT2D eigenvalue weighted by atomic mass is 10.1. The zero-order valence-corrected chi connectivity index (χ0v) is 14.4. The van der Waals surface area contributed by atoms with Gasteiger partial charge >= 0.3 is 6.18 Å². The summed E-state index contributed by atoms with van der Waals surface area (Å²) in [6.07, 6.45) is -4.59. The van der Waals surface area contributed by atoms with Crippen molar-refractivity contribution in [3.63, 3.8) is 0 Å². The average molecular weight is 383 g/mol. The fourth-order valence-corrected chi connectivity index (χ4v) is 2.41. The number of hydrogen-bond donors (Lipinski definition) is 2. The average Bonchev–Trinajstić information content (AvgIpc) is 2.64. The number of carbonyl (C=O) groups is 1. The highest BCUT2D eigenvalue weighted by molar-refractivity contribution is 6.00. The molecule has 0 radical (unpaired) electrons. The Hall–Kier alpha value is -3.30. The Labute approximate surface area is 152 Å². The molecule has 0 aliphatic rings. The molecular weight excluding hydrogens is 367 g/mol. The van der Waals surface area contributed by atoms with E-state index in [1.807, 2.05) is 0 Å². The van der Waals surface area contributed by atoms with Crippen LogP contribution in [-0.4, -0.2) is 25.0 Å². The van der Waals surface area contributed by atoms with Crippen LogP contribution in [0.2, 0.25) is 0 Å². The first kappa shape index (κ1) is 20.0. The summed E-state index contributed by atoms with van der Waals surface area (Å²) in [4.78, 5) is 22.2. The number of anilines is 1. The number of methoxy groups -OCH3 is 1. The molecule has 0 spiro atoms. The Kier molecular flexibility index (Phi) is 5.88. The first-order chi connectivity index (χ1) is 12.7. The first-order valence-electron chi connectivity index (χ1n) is 7.66. The van der Waals surface area contributed by atoms with Crippen molar-refractivity contribution in [3.8, 4) is 5.75 Å². The number of nitrogens with one attached hydrogen (secondary N) is 2. The Balaban J connectivity index is 2.36. The SMILES string of the molecule is CNC(=O)c1cc([N+](=O)[O-])ccc1NCc1ccc(OC)cc1C(F)(F)F. The number of hydrogen-bond acceptors (Lipinski definition) is 5. The van der Waals surface area contributed by atoms with Crippen molar-refractivity contribution in [3.05, 3.63) is 63.2 Å². The number of benzene rings is 2. The van der Waals surface area contributed by atoms with Crippen LogP contribution in [0, 0.1) is 10.1 Å². The van der Waals surface area contributed by atoms with Crippen LogP contribution in [-0.2, 0) is 12.7 Å². The van der Waals surface area contributed by atoms with Gasteiger partial charge in [-0.2, -0.15) is 13.2 Å². The van der Waals surface area contributed by atoms with Crippen molar-refractivity contribution in [1.29, 1.82) is 0 Å². The molecule has 7 nitrogen and oxygen atoms in total. The summed E-state index contributed by atoms with van der Waals surface area (Å²) in [5.74, 6) is -0.542. The second-order valence-corrected chi connectivity index (χ2v) is 5.44. The molecule has 2 rings (SSSR count). The third kappa shape index (κ3) is 4.66. The molecule has 0 aliphatic heterocycles. The normalized spacial score (nSPS) is 11.0. The Morgan fingerprint density at radius 1 is 1.22 bits per heavy atom. The van der Waals surface area contributed by atoms with Crippen molar-refractivity contribution in [2.24, 2.45) is 0 Å². The molecule has 0 fully saturated rings. The molecule has 144 valence electrons. The van der Waals surface area contributed by atoms with E-state index in [0.29, 0.717) is 0 Å². The van der Waals surface area contributed by atoms with E-state index in [-0.39, 0.29) is 34.8 Å². The molecule has 27 heavy (non-hydrogen) atoms. The van der Waals surface area contributed by atoms with Crippen molar-refractivity contribution < 1.29 is 27.6 Å². The van der Waals surface area contributed by atoms with E-state index >= 15 is 0 Å². The summed E-state index contributed by atoms with van der Waals surface area (Å²) in [5.41, 5.74) is -1.13. The number of non-ortho nitro benzene ring substituents is 1. The fourth-order valence-electron chi connectivity index (χ4n) is 2.41. The van der Waals surface area contributed by atoms with Crippen LogP contribution in [0.5, 0.6) is 5.75 Å². The highest BCUT2D eigenvalue weighted by Crippen LogP contribution is 2.35. The van der Waals surface area contributed by atoms with Crippen LogP contribution in [0.1, 0.15) is 21.5 Å². The van der Waals surface area contributed by atoms with Gasteiger partial charge in [-0.15, -0.1) is 0 Å². The quantitative estimate of drug-likeness (QED) is 0.587. The molecular formula is C17H16F3N3O4. The van der Waals surface area contributed by atoms with Crippen molar-refractivity contribution in [1.82, 2.24) is 5.32 Å². The minimum Gasteiger partial charge on any atom is -0.497 e. The second kappa shape index (κ2) is 7.94. The van der Waals surface area contributed by atoms with Gasteiger partial charge in [0.05, 0.1) is 23.2 Å². The Morgan fingerprint density at radius 2 is 1.93 bits per heavy atom. The maximum Gasteiger partial charge on any atom is 0.416 e. The molecule has 0 unspecified atom stereocenters. The van der Waals surface area contributed by atoms with Gasteiger partial charge in [0.25, 0.3) is 11.6 Å². The molecule has 10 heteroatoms. The molecule has 0 atom stereocenters. The lowest BCUT2D eigenvalue weighted by molar-refractivity contribution is -0.384. The largest absolute Gasteiger partial charge is 0.497 e. The third-order valence-corrected chi connectivity index (χ3v) is 3.78. The first-order valence-corrected chi connectivity index (χ1v) is 7.66. The van der Waals surface area contributed by atoms with Gasteiger partial charge in [0, 0.05) is 31.4 Å². The number of nitro groups is 1. The summed E-state index contributed by atoms with van der Waals surface area (Å²) in [6.45, 7) is -0.249. The predicted octanol–water partition coefficient (Wildman–Crippen LogP) is 3.59. The number of amides is 1. The van der Waals surface area contributed by atoms with E-state index in [2.05, 4.69) is 10.6 Å².